The molecular weight excluding hydrogens is 364 g/mol. The first-order chi connectivity index (χ1) is 11.3. The fourth-order valence-electron chi connectivity index (χ4n) is 2.80. The Labute approximate surface area is 143 Å². The molecule has 142 valence electrons. The Morgan fingerprint density at radius 3 is 1.96 bits per heavy atom. The molecule has 1 aromatic carbocycles. The predicted molar refractivity (Wildman–Crippen MR) is 86.1 cm³/mol. The van der Waals surface area contributed by atoms with E-state index in [0.717, 1.165) is 12.1 Å². The highest BCUT2D eigenvalue weighted by Gasteiger charge is 2.38. The summed E-state index contributed by atoms with van der Waals surface area (Å²) in [5, 5.41) is 0. The minimum Gasteiger partial charge on any atom is -0.416 e. The van der Waals surface area contributed by atoms with Gasteiger partial charge in [-0.3, -0.25) is 0 Å². The summed E-state index contributed by atoms with van der Waals surface area (Å²) in [4.78, 5) is 1.60. The van der Waals surface area contributed by atoms with Crippen molar-refractivity contribution in [1.82, 2.24) is 0 Å². The van der Waals surface area contributed by atoms with E-state index in [4.69, 9.17) is 4.43 Å². The lowest BCUT2D eigenvalue weighted by atomic mass is 10.1. The van der Waals surface area contributed by atoms with Crippen LogP contribution in [0.1, 0.15) is 24.0 Å². The van der Waals surface area contributed by atoms with Gasteiger partial charge in [-0.25, -0.2) is 0 Å². The largest absolute Gasteiger partial charge is 0.416 e. The Bertz CT molecular complexity index is 576. The molecule has 25 heavy (non-hydrogen) atoms. The molecule has 1 aliphatic heterocycles. The van der Waals surface area contributed by atoms with Crippen LogP contribution >= 0.6 is 0 Å². The Hall–Kier alpha value is -1.22. The number of rotatable bonds is 4. The minimum atomic E-state index is -4.83. The molecule has 0 aromatic heterocycles. The first kappa shape index (κ1) is 20.1. The van der Waals surface area contributed by atoms with Gasteiger partial charge >= 0.3 is 12.4 Å². The minimum absolute atomic E-state index is 0.0520. The van der Waals surface area contributed by atoms with Crippen LogP contribution in [0.15, 0.2) is 18.2 Å². The van der Waals surface area contributed by atoms with Gasteiger partial charge in [-0.15, -0.1) is 0 Å². The van der Waals surface area contributed by atoms with Crippen LogP contribution in [0.4, 0.5) is 32.0 Å². The second-order valence-electron chi connectivity index (χ2n) is 7.18. The van der Waals surface area contributed by atoms with Crippen molar-refractivity contribution < 1.29 is 30.8 Å². The zero-order valence-corrected chi connectivity index (χ0v) is 15.3. The summed E-state index contributed by atoms with van der Waals surface area (Å²) in [6, 6.07) is 1.54. The highest BCUT2D eigenvalue weighted by atomic mass is 28.4. The summed E-state index contributed by atoms with van der Waals surface area (Å²) in [6.45, 7) is 6.68. The van der Waals surface area contributed by atoms with Crippen molar-refractivity contribution in [2.75, 3.05) is 18.1 Å². The van der Waals surface area contributed by atoms with Gasteiger partial charge in [-0.1, -0.05) is 0 Å². The van der Waals surface area contributed by atoms with Crippen molar-refractivity contribution in [1.29, 1.82) is 0 Å². The second-order valence-corrected chi connectivity index (χ2v) is 11.7. The van der Waals surface area contributed by atoms with Gasteiger partial charge in [0.1, 0.15) is 0 Å². The Kier molecular flexibility index (Phi) is 5.49. The third-order valence-corrected chi connectivity index (χ3v) is 5.02. The molecule has 0 bridgehead atoms. The molecule has 0 spiro atoms. The maximum absolute atomic E-state index is 13.0. The van der Waals surface area contributed by atoms with E-state index in [0.29, 0.717) is 26.0 Å². The van der Waals surface area contributed by atoms with Crippen molar-refractivity contribution in [3.8, 4) is 0 Å². The Morgan fingerprint density at radius 1 is 1.00 bits per heavy atom. The summed E-state index contributed by atoms with van der Waals surface area (Å²) in [7, 11) is -1.82. The van der Waals surface area contributed by atoms with E-state index < -0.39 is 31.8 Å². The standard InChI is InChI=1S/C16H21F6NOSi/c1-25(2,3)24-10-13-5-4-6-23(13)14-8-11(15(17,18)19)7-12(9-14)16(20,21)22/h7-9,13H,4-6,10H2,1-3H3. The molecule has 1 fully saturated rings. The Morgan fingerprint density at radius 2 is 1.52 bits per heavy atom. The molecule has 0 amide bonds. The summed E-state index contributed by atoms with van der Waals surface area (Å²) in [6.07, 6.45) is -8.28. The summed E-state index contributed by atoms with van der Waals surface area (Å²) < 4.78 is 83.9. The van der Waals surface area contributed by atoms with Crippen molar-refractivity contribution in [2.45, 2.75) is 50.9 Å². The molecule has 0 saturated carbocycles. The molecule has 0 N–H and O–H groups in total. The van der Waals surface area contributed by atoms with E-state index >= 15 is 0 Å². The molecule has 1 aromatic rings. The fraction of sp³-hybridized carbons (Fsp3) is 0.625. The third-order valence-electron chi connectivity index (χ3n) is 3.99. The normalized spacial score (nSPS) is 19.6. The number of anilines is 1. The van der Waals surface area contributed by atoms with Crippen molar-refractivity contribution in [3.05, 3.63) is 29.3 Å². The van der Waals surface area contributed by atoms with Crippen LogP contribution in [0.25, 0.3) is 0 Å². The van der Waals surface area contributed by atoms with E-state index in [1.165, 1.54) is 0 Å². The van der Waals surface area contributed by atoms with Gasteiger partial charge in [-0.2, -0.15) is 26.3 Å². The highest BCUT2D eigenvalue weighted by Crippen LogP contribution is 2.39. The molecule has 0 aliphatic carbocycles. The molecule has 1 unspecified atom stereocenters. The van der Waals surface area contributed by atoms with Gasteiger partial charge in [-0.05, 0) is 50.7 Å². The summed E-state index contributed by atoms with van der Waals surface area (Å²) in [5.41, 5.74) is -2.62. The van der Waals surface area contributed by atoms with Gasteiger partial charge in [0.05, 0.1) is 23.8 Å². The van der Waals surface area contributed by atoms with E-state index in [2.05, 4.69) is 0 Å². The molecule has 0 radical (unpaired) electrons. The molecule has 1 heterocycles. The third kappa shape index (κ3) is 5.37. The van der Waals surface area contributed by atoms with Gasteiger partial charge in [0.25, 0.3) is 0 Å². The van der Waals surface area contributed by atoms with Crippen LogP contribution in [0.3, 0.4) is 0 Å². The highest BCUT2D eigenvalue weighted by molar-refractivity contribution is 6.69. The molecule has 1 aliphatic rings. The van der Waals surface area contributed by atoms with Crippen molar-refractivity contribution in [2.24, 2.45) is 0 Å². The Balaban J connectivity index is 2.36. The molecule has 1 atom stereocenters. The van der Waals surface area contributed by atoms with E-state index in [1.807, 2.05) is 19.6 Å². The smallest absolute Gasteiger partial charge is 0.416 e. The topological polar surface area (TPSA) is 12.5 Å². The lowest BCUT2D eigenvalue weighted by molar-refractivity contribution is -0.143. The number of halogens is 6. The lowest BCUT2D eigenvalue weighted by Crippen LogP contribution is -2.38. The van der Waals surface area contributed by atoms with Crippen LogP contribution in [0, 0.1) is 0 Å². The second kappa shape index (κ2) is 6.83. The first-order valence-corrected chi connectivity index (χ1v) is 11.4. The van der Waals surface area contributed by atoms with Crippen LogP contribution in [0.2, 0.25) is 19.6 Å². The van der Waals surface area contributed by atoms with Crippen LogP contribution < -0.4 is 4.90 Å². The molecular formula is C16H21F6NOSi. The molecule has 9 heteroatoms. The van der Waals surface area contributed by atoms with Crippen LogP contribution in [-0.4, -0.2) is 27.5 Å². The quantitative estimate of drug-likeness (QED) is 0.498. The number of alkyl halides is 6. The molecule has 2 rings (SSSR count). The number of hydrogen-bond acceptors (Lipinski definition) is 2. The summed E-state index contributed by atoms with van der Waals surface area (Å²) >= 11 is 0. The molecule has 1 saturated heterocycles. The van der Waals surface area contributed by atoms with Crippen molar-refractivity contribution in [3.63, 3.8) is 0 Å². The van der Waals surface area contributed by atoms with Crippen LogP contribution in [0.5, 0.6) is 0 Å². The number of nitrogens with zero attached hydrogens (tertiary/aromatic N) is 1. The monoisotopic (exact) mass is 385 g/mol. The van der Waals surface area contributed by atoms with Crippen LogP contribution in [-0.2, 0) is 16.8 Å². The zero-order chi connectivity index (χ0) is 19.0. The maximum atomic E-state index is 13.0. The van der Waals surface area contributed by atoms with Gasteiger partial charge in [0.2, 0.25) is 0 Å². The maximum Gasteiger partial charge on any atom is 0.416 e. The van der Waals surface area contributed by atoms with Crippen molar-refractivity contribution >= 4 is 14.0 Å². The average molecular weight is 385 g/mol. The zero-order valence-electron chi connectivity index (χ0n) is 14.3. The van der Waals surface area contributed by atoms with E-state index in [9.17, 15) is 26.3 Å². The van der Waals surface area contributed by atoms with Gasteiger partial charge in [0, 0.05) is 12.2 Å². The lowest BCUT2D eigenvalue weighted by Gasteiger charge is -2.30. The predicted octanol–water partition coefficient (Wildman–Crippen LogP) is 5.54. The summed E-state index contributed by atoms with van der Waals surface area (Å²) in [5.74, 6) is 0. The van der Waals surface area contributed by atoms with E-state index in [-0.39, 0.29) is 17.8 Å². The van der Waals surface area contributed by atoms with Gasteiger partial charge < -0.3 is 9.33 Å². The molecule has 2 nitrogen and oxygen atoms in total. The van der Waals surface area contributed by atoms with Gasteiger partial charge in [0.15, 0.2) is 8.32 Å². The first-order valence-electron chi connectivity index (χ1n) is 7.97. The number of hydrogen-bond donors (Lipinski definition) is 0. The fourth-order valence-corrected chi connectivity index (χ4v) is 3.49. The number of benzene rings is 1. The SMILES string of the molecule is C[Si](C)(C)OCC1CCCN1c1cc(C(F)(F)F)cc(C(F)(F)F)c1. The van der Waals surface area contributed by atoms with E-state index in [1.54, 1.807) is 4.90 Å². The average Bonchev–Trinajstić information content (AvgIpc) is 2.90.